The third kappa shape index (κ3) is 3.21. The zero-order valence-electron chi connectivity index (χ0n) is 8.51. The van der Waals surface area contributed by atoms with Crippen LogP contribution in [0, 0.1) is 10.1 Å². The van der Waals surface area contributed by atoms with Gasteiger partial charge >= 0.3 is 0 Å². The Labute approximate surface area is 87.9 Å². The summed E-state index contributed by atoms with van der Waals surface area (Å²) < 4.78 is 0. The molecule has 2 N–H and O–H groups in total. The molecule has 0 fully saturated rings. The summed E-state index contributed by atoms with van der Waals surface area (Å²) in [4.78, 5) is 10.1. The summed E-state index contributed by atoms with van der Waals surface area (Å²) in [5.74, 6) is 0. The van der Waals surface area contributed by atoms with Crippen LogP contribution in [0.5, 0.6) is 0 Å². The van der Waals surface area contributed by atoms with Gasteiger partial charge in [-0.25, -0.2) is 0 Å². The van der Waals surface area contributed by atoms with Gasteiger partial charge in [0.25, 0.3) is 5.69 Å². The number of hydrogen-bond donors (Lipinski definition) is 2. The van der Waals surface area contributed by atoms with Crippen molar-refractivity contribution in [1.82, 2.24) is 0 Å². The smallest absolute Gasteiger partial charge is 0.271 e. The minimum absolute atomic E-state index is 0.0131. The second-order valence-corrected chi connectivity index (χ2v) is 3.24. The monoisotopic (exact) mass is 210 g/mol. The lowest BCUT2D eigenvalue weighted by molar-refractivity contribution is -0.384. The van der Waals surface area contributed by atoms with Gasteiger partial charge in [-0.05, 0) is 12.5 Å². The predicted octanol–water partition coefficient (Wildman–Crippen LogP) is 1.78. The summed E-state index contributed by atoms with van der Waals surface area (Å²) in [6.45, 7) is 1.95. The molecule has 1 atom stereocenters. The van der Waals surface area contributed by atoms with Crippen molar-refractivity contribution in [3.05, 3.63) is 34.4 Å². The number of anilines is 1. The summed E-state index contributed by atoms with van der Waals surface area (Å²) in [6, 6.07) is 6.19. The molecule has 0 saturated carbocycles. The van der Waals surface area contributed by atoms with Crippen LogP contribution in [0.25, 0.3) is 0 Å². The molecule has 5 nitrogen and oxygen atoms in total. The first-order valence-electron chi connectivity index (χ1n) is 4.79. The van der Waals surface area contributed by atoms with Crippen LogP contribution in [0.15, 0.2) is 24.3 Å². The van der Waals surface area contributed by atoms with E-state index < -0.39 is 4.92 Å². The molecule has 0 bridgehead atoms. The van der Waals surface area contributed by atoms with E-state index in [4.69, 9.17) is 5.11 Å². The van der Waals surface area contributed by atoms with Crippen LogP contribution in [0.3, 0.4) is 0 Å². The molecule has 15 heavy (non-hydrogen) atoms. The molecule has 0 aromatic heterocycles. The molecule has 5 heteroatoms. The summed E-state index contributed by atoms with van der Waals surface area (Å²) in [7, 11) is 0. The number of aliphatic hydroxyl groups is 1. The van der Waals surface area contributed by atoms with Crippen molar-refractivity contribution in [2.24, 2.45) is 0 Å². The van der Waals surface area contributed by atoms with E-state index in [0.717, 1.165) is 6.42 Å². The highest BCUT2D eigenvalue weighted by Gasteiger charge is 2.08. The van der Waals surface area contributed by atoms with Crippen molar-refractivity contribution in [2.45, 2.75) is 19.4 Å². The molecule has 0 radical (unpaired) electrons. The molecule has 1 aromatic carbocycles. The van der Waals surface area contributed by atoms with Crippen molar-refractivity contribution in [1.29, 1.82) is 0 Å². The summed E-state index contributed by atoms with van der Waals surface area (Å²) in [6.07, 6.45) is 0.763. The van der Waals surface area contributed by atoms with Crippen LogP contribution in [0.1, 0.15) is 13.3 Å². The van der Waals surface area contributed by atoms with Gasteiger partial charge < -0.3 is 10.4 Å². The van der Waals surface area contributed by atoms with E-state index in [2.05, 4.69) is 5.32 Å². The zero-order chi connectivity index (χ0) is 11.3. The average Bonchev–Trinajstić information content (AvgIpc) is 2.26. The van der Waals surface area contributed by atoms with E-state index in [0.29, 0.717) is 5.69 Å². The molecule has 0 saturated heterocycles. The van der Waals surface area contributed by atoms with Gasteiger partial charge in [0, 0.05) is 23.9 Å². The zero-order valence-corrected chi connectivity index (χ0v) is 8.51. The quantitative estimate of drug-likeness (QED) is 0.573. The SMILES string of the molecule is CCC(CO)Nc1cccc([N+](=O)[O-])c1. The standard InChI is InChI=1S/C10H14N2O3/c1-2-8(7-13)11-9-4-3-5-10(6-9)12(14)15/h3-6,8,11,13H,2,7H2,1H3. The third-order valence-corrected chi connectivity index (χ3v) is 2.14. The molecule has 82 valence electrons. The number of aliphatic hydroxyl groups excluding tert-OH is 1. The fourth-order valence-corrected chi connectivity index (χ4v) is 1.22. The molecule has 1 aromatic rings. The van der Waals surface area contributed by atoms with Crippen LogP contribution in [-0.4, -0.2) is 22.7 Å². The molecule has 0 aliphatic heterocycles. The topological polar surface area (TPSA) is 75.4 Å². The first-order chi connectivity index (χ1) is 7.17. The lowest BCUT2D eigenvalue weighted by Crippen LogP contribution is -2.22. The van der Waals surface area contributed by atoms with Crippen LogP contribution in [0.4, 0.5) is 11.4 Å². The Morgan fingerprint density at radius 2 is 2.33 bits per heavy atom. The van der Waals surface area contributed by atoms with Crippen LogP contribution < -0.4 is 5.32 Å². The Hall–Kier alpha value is -1.62. The summed E-state index contributed by atoms with van der Waals surface area (Å²) in [5, 5.41) is 22.5. The van der Waals surface area contributed by atoms with Gasteiger partial charge in [-0.15, -0.1) is 0 Å². The maximum Gasteiger partial charge on any atom is 0.271 e. The molecule has 0 aliphatic rings. The Morgan fingerprint density at radius 1 is 1.60 bits per heavy atom. The van der Waals surface area contributed by atoms with E-state index in [1.54, 1.807) is 12.1 Å². The lowest BCUT2D eigenvalue weighted by Gasteiger charge is -2.14. The average molecular weight is 210 g/mol. The molecular weight excluding hydrogens is 196 g/mol. The van der Waals surface area contributed by atoms with Crippen molar-refractivity contribution in [3.63, 3.8) is 0 Å². The molecule has 1 unspecified atom stereocenters. The number of nitro benzene ring substituents is 1. The van der Waals surface area contributed by atoms with E-state index in [-0.39, 0.29) is 18.3 Å². The van der Waals surface area contributed by atoms with E-state index in [1.807, 2.05) is 6.92 Å². The highest BCUT2D eigenvalue weighted by atomic mass is 16.6. The number of benzene rings is 1. The molecule has 1 rings (SSSR count). The van der Waals surface area contributed by atoms with Gasteiger partial charge in [-0.3, -0.25) is 10.1 Å². The van der Waals surface area contributed by atoms with Crippen LogP contribution in [-0.2, 0) is 0 Å². The van der Waals surface area contributed by atoms with Gasteiger partial charge in [-0.1, -0.05) is 13.0 Å². The van der Waals surface area contributed by atoms with Gasteiger partial charge in [0.15, 0.2) is 0 Å². The fraction of sp³-hybridized carbons (Fsp3) is 0.400. The van der Waals surface area contributed by atoms with Crippen molar-refractivity contribution in [2.75, 3.05) is 11.9 Å². The maximum atomic E-state index is 10.5. The van der Waals surface area contributed by atoms with E-state index in [1.165, 1.54) is 12.1 Å². The fourth-order valence-electron chi connectivity index (χ4n) is 1.22. The normalized spacial score (nSPS) is 12.1. The van der Waals surface area contributed by atoms with Gasteiger partial charge in [-0.2, -0.15) is 0 Å². The number of nitro groups is 1. The minimum atomic E-state index is -0.439. The van der Waals surface area contributed by atoms with Crippen molar-refractivity contribution in [3.8, 4) is 0 Å². The largest absolute Gasteiger partial charge is 0.394 e. The van der Waals surface area contributed by atoms with E-state index >= 15 is 0 Å². The molecular formula is C10H14N2O3. The molecule has 0 amide bonds. The first-order valence-corrected chi connectivity index (χ1v) is 4.79. The molecule has 0 spiro atoms. The van der Waals surface area contributed by atoms with E-state index in [9.17, 15) is 10.1 Å². The maximum absolute atomic E-state index is 10.5. The highest BCUT2D eigenvalue weighted by Crippen LogP contribution is 2.18. The number of non-ortho nitro benzene ring substituents is 1. The number of nitrogens with one attached hydrogen (secondary N) is 1. The van der Waals surface area contributed by atoms with Crippen molar-refractivity contribution >= 4 is 11.4 Å². The Morgan fingerprint density at radius 3 is 2.87 bits per heavy atom. The predicted molar refractivity (Wildman–Crippen MR) is 57.9 cm³/mol. The van der Waals surface area contributed by atoms with Crippen molar-refractivity contribution < 1.29 is 10.0 Å². The van der Waals surface area contributed by atoms with Crippen LogP contribution >= 0.6 is 0 Å². The third-order valence-electron chi connectivity index (χ3n) is 2.14. The van der Waals surface area contributed by atoms with Crippen LogP contribution in [0.2, 0.25) is 0 Å². The number of hydrogen-bond acceptors (Lipinski definition) is 4. The number of nitrogens with zero attached hydrogens (tertiary/aromatic N) is 1. The first kappa shape index (κ1) is 11.5. The molecule has 0 aliphatic carbocycles. The summed E-state index contributed by atoms with van der Waals surface area (Å²) >= 11 is 0. The molecule has 0 heterocycles. The second kappa shape index (κ2) is 5.31. The minimum Gasteiger partial charge on any atom is -0.394 e. The Kier molecular flexibility index (Phi) is 4.05. The van der Waals surface area contributed by atoms with Gasteiger partial charge in [0.05, 0.1) is 11.5 Å². The summed E-state index contributed by atoms with van der Waals surface area (Å²) in [5.41, 5.74) is 0.706. The van der Waals surface area contributed by atoms with Gasteiger partial charge in [0.2, 0.25) is 0 Å². The second-order valence-electron chi connectivity index (χ2n) is 3.24. The van der Waals surface area contributed by atoms with Gasteiger partial charge in [0.1, 0.15) is 0 Å². The lowest BCUT2D eigenvalue weighted by atomic mass is 10.2. The highest BCUT2D eigenvalue weighted by molar-refractivity contribution is 5.51. The Bertz CT molecular complexity index is 337. The Balaban J connectivity index is 2.77. The number of rotatable bonds is 5.